The number of ether oxygens (including phenoxy) is 1. The number of alkyl halides is 5. The summed E-state index contributed by atoms with van der Waals surface area (Å²) >= 11 is 6.41. The summed E-state index contributed by atoms with van der Waals surface area (Å²) in [6.45, 7) is -0.485. The van der Waals surface area contributed by atoms with Crippen LogP contribution < -0.4 is 15.4 Å². The lowest BCUT2D eigenvalue weighted by molar-refractivity contribution is -0.192. The second-order valence-corrected chi connectivity index (χ2v) is 11.1. The van der Waals surface area contributed by atoms with Gasteiger partial charge in [0, 0.05) is 37.6 Å². The quantitative estimate of drug-likeness (QED) is 0.283. The van der Waals surface area contributed by atoms with Gasteiger partial charge in [0.25, 0.3) is 12.3 Å². The highest BCUT2D eigenvalue weighted by molar-refractivity contribution is 6.31. The van der Waals surface area contributed by atoms with Crippen molar-refractivity contribution < 1.29 is 36.3 Å². The molecule has 2 aromatic carbocycles. The third kappa shape index (κ3) is 6.27. The molecule has 0 radical (unpaired) electrons. The van der Waals surface area contributed by atoms with Crippen LogP contribution in [0.2, 0.25) is 5.02 Å². The standard InChI is InChI=1S/C28H28ClF5N4O3/c1-38-21-11-22(41-14-23(30)31)18(25(39)35-12-15-2-3-15)10-20(21)37-24(38)9-17-8-16(4-5-19(17)29)13-36-26(40)27(6-7-27)28(32,33)34/h4-5,8,10-11,15,23H,2-3,6-7,9,12-14H2,1H3,(H,35,39)(H,36,40). The van der Waals surface area contributed by atoms with Crippen LogP contribution in [0, 0.1) is 11.3 Å². The van der Waals surface area contributed by atoms with E-state index in [2.05, 4.69) is 15.6 Å². The van der Waals surface area contributed by atoms with Crippen LogP contribution in [0.1, 0.15) is 53.0 Å². The maximum absolute atomic E-state index is 13.3. The summed E-state index contributed by atoms with van der Waals surface area (Å²) in [6, 6.07) is 7.90. The third-order valence-electron chi connectivity index (χ3n) is 7.57. The number of halogens is 6. The maximum atomic E-state index is 13.3. The molecule has 3 aromatic rings. The van der Waals surface area contributed by atoms with Crippen LogP contribution in [0.4, 0.5) is 22.0 Å². The smallest absolute Gasteiger partial charge is 0.403 e. The summed E-state index contributed by atoms with van der Waals surface area (Å²) in [5.74, 6) is -0.510. The van der Waals surface area contributed by atoms with Crippen molar-refractivity contribution in [1.82, 2.24) is 20.2 Å². The Morgan fingerprint density at radius 2 is 1.90 bits per heavy atom. The Labute approximate surface area is 237 Å². The number of carbonyl (C=O) groups excluding carboxylic acids is 2. The zero-order valence-electron chi connectivity index (χ0n) is 22.1. The van der Waals surface area contributed by atoms with Gasteiger partial charge in [-0.15, -0.1) is 0 Å². The molecular formula is C28H28ClF5N4O3. The second kappa shape index (κ2) is 11.1. The van der Waals surface area contributed by atoms with E-state index in [1.165, 1.54) is 12.1 Å². The van der Waals surface area contributed by atoms with Crippen molar-refractivity contribution in [2.45, 2.75) is 51.3 Å². The van der Waals surface area contributed by atoms with Crippen molar-refractivity contribution in [3.8, 4) is 5.75 Å². The van der Waals surface area contributed by atoms with E-state index >= 15 is 0 Å². The number of carbonyl (C=O) groups is 2. The van der Waals surface area contributed by atoms with Crippen molar-refractivity contribution >= 4 is 34.4 Å². The number of hydrogen-bond donors (Lipinski definition) is 2. The largest absolute Gasteiger partial charge is 0.487 e. The SMILES string of the molecule is Cn1c(Cc2cc(CNC(=O)C3(C(F)(F)F)CC3)ccc2Cl)nc2cc(C(=O)NCC3CC3)c(OCC(F)F)cc21. The summed E-state index contributed by atoms with van der Waals surface area (Å²) in [6.07, 6.45) is -5.49. The molecule has 2 aliphatic rings. The van der Waals surface area contributed by atoms with Crippen molar-refractivity contribution in [2.24, 2.45) is 18.4 Å². The molecule has 41 heavy (non-hydrogen) atoms. The number of nitrogens with one attached hydrogen (secondary N) is 2. The fraction of sp³-hybridized carbons (Fsp3) is 0.464. The Morgan fingerprint density at radius 3 is 2.54 bits per heavy atom. The highest BCUT2D eigenvalue weighted by Crippen LogP contribution is 2.57. The number of fused-ring (bicyclic) bond motifs is 1. The van der Waals surface area contributed by atoms with Gasteiger partial charge in [-0.3, -0.25) is 9.59 Å². The molecule has 0 unspecified atom stereocenters. The number of aryl methyl sites for hydroxylation is 1. The Hall–Kier alpha value is -3.41. The molecule has 2 saturated carbocycles. The van der Waals surface area contributed by atoms with Gasteiger partial charge >= 0.3 is 6.18 Å². The average Bonchev–Trinajstić information content (AvgIpc) is 3.84. The summed E-state index contributed by atoms with van der Waals surface area (Å²) in [7, 11) is 1.72. The normalized spacial score (nSPS) is 16.2. The first-order valence-corrected chi connectivity index (χ1v) is 13.6. The molecule has 2 fully saturated rings. The summed E-state index contributed by atoms with van der Waals surface area (Å²) in [5.41, 5.74) is -0.0288. The van der Waals surface area contributed by atoms with Crippen LogP contribution >= 0.6 is 11.6 Å². The van der Waals surface area contributed by atoms with E-state index in [1.807, 2.05) is 0 Å². The fourth-order valence-corrected chi connectivity index (χ4v) is 4.87. The van der Waals surface area contributed by atoms with E-state index in [4.69, 9.17) is 16.3 Å². The number of nitrogens with zero attached hydrogens (tertiary/aromatic N) is 2. The van der Waals surface area contributed by atoms with Gasteiger partial charge in [-0.1, -0.05) is 23.7 Å². The van der Waals surface area contributed by atoms with Crippen LogP contribution in [0.5, 0.6) is 5.75 Å². The van der Waals surface area contributed by atoms with Crippen molar-refractivity contribution in [2.75, 3.05) is 13.2 Å². The van der Waals surface area contributed by atoms with Crippen molar-refractivity contribution in [1.29, 1.82) is 0 Å². The minimum absolute atomic E-state index is 0.0173. The summed E-state index contributed by atoms with van der Waals surface area (Å²) in [5, 5.41) is 5.60. The Morgan fingerprint density at radius 1 is 1.17 bits per heavy atom. The lowest BCUT2D eigenvalue weighted by Gasteiger charge is -2.18. The van der Waals surface area contributed by atoms with Crippen LogP contribution in [-0.4, -0.2) is 47.1 Å². The minimum atomic E-state index is -4.59. The molecule has 0 bridgehead atoms. The molecule has 13 heteroatoms. The predicted molar refractivity (Wildman–Crippen MR) is 141 cm³/mol. The van der Waals surface area contributed by atoms with E-state index in [-0.39, 0.29) is 37.1 Å². The lowest BCUT2D eigenvalue weighted by Crippen LogP contribution is -2.40. The molecule has 2 aliphatic carbocycles. The number of benzene rings is 2. The van der Waals surface area contributed by atoms with E-state index in [0.717, 1.165) is 12.8 Å². The molecule has 1 aromatic heterocycles. The van der Waals surface area contributed by atoms with Crippen LogP contribution in [0.3, 0.4) is 0 Å². The van der Waals surface area contributed by atoms with Gasteiger partial charge in [0.15, 0.2) is 0 Å². The number of imidazole rings is 1. The van der Waals surface area contributed by atoms with Gasteiger partial charge in [-0.2, -0.15) is 13.2 Å². The topological polar surface area (TPSA) is 85.2 Å². The number of rotatable bonds is 11. The summed E-state index contributed by atoms with van der Waals surface area (Å²) in [4.78, 5) is 29.7. The molecule has 0 atom stereocenters. The Balaban J connectivity index is 1.36. The van der Waals surface area contributed by atoms with Gasteiger partial charge < -0.3 is 19.9 Å². The van der Waals surface area contributed by atoms with Crippen LogP contribution in [0.25, 0.3) is 11.0 Å². The second-order valence-electron chi connectivity index (χ2n) is 10.6. The Kier molecular flexibility index (Phi) is 7.88. The molecule has 1 heterocycles. The summed E-state index contributed by atoms with van der Waals surface area (Å²) < 4.78 is 72.6. The molecule has 7 nitrogen and oxygen atoms in total. The number of hydrogen-bond acceptors (Lipinski definition) is 4. The van der Waals surface area contributed by atoms with Crippen molar-refractivity contribution in [3.63, 3.8) is 0 Å². The fourth-order valence-electron chi connectivity index (χ4n) is 4.69. The minimum Gasteiger partial charge on any atom is -0.487 e. The molecule has 2 amide bonds. The highest BCUT2D eigenvalue weighted by Gasteiger charge is 2.68. The third-order valence-corrected chi connectivity index (χ3v) is 7.94. The molecule has 5 rings (SSSR count). The van der Waals surface area contributed by atoms with Crippen molar-refractivity contribution in [3.05, 3.63) is 57.9 Å². The average molecular weight is 599 g/mol. The Bertz CT molecular complexity index is 1480. The lowest BCUT2D eigenvalue weighted by atomic mass is 10.0. The molecule has 0 saturated heterocycles. The van der Waals surface area contributed by atoms with Gasteiger partial charge in [0.2, 0.25) is 5.91 Å². The van der Waals surface area contributed by atoms with E-state index in [1.54, 1.807) is 29.8 Å². The van der Waals surface area contributed by atoms with Gasteiger partial charge in [0.1, 0.15) is 23.6 Å². The first-order chi connectivity index (χ1) is 19.4. The highest BCUT2D eigenvalue weighted by atomic mass is 35.5. The van der Waals surface area contributed by atoms with E-state index < -0.39 is 36.4 Å². The first-order valence-electron chi connectivity index (χ1n) is 13.2. The molecule has 0 spiro atoms. The van der Waals surface area contributed by atoms with Gasteiger partial charge in [0.05, 0.1) is 16.6 Å². The number of amides is 2. The van der Waals surface area contributed by atoms with Gasteiger partial charge in [-0.25, -0.2) is 13.8 Å². The molecule has 0 aliphatic heterocycles. The zero-order chi connectivity index (χ0) is 29.5. The zero-order valence-corrected chi connectivity index (χ0v) is 22.8. The predicted octanol–water partition coefficient (Wildman–Crippen LogP) is 5.56. The molecule has 2 N–H and O–H groups in total. The van der Waals surface area contributed by atoms with Crippen LogP contribution in [-0.2, 0) is 24.8 Å². The maximum Gasteiger partial charge on any atom is 0.403 e. The van der Waals surface area contributed by atoms with E-state index in [0.29, 0.717) is 45.5 Å². The van der Waals surface area contributed by atoms with E-state index in [9.17, 15) is 31.5 Å². The molecular weight excluding hydrogens is 571 g/mol. The first kappa shape index (κ1) is 29.1. The molecule has 220 valence electrons. The monoisotopic (exact) mass is 598 g/mol. The van der Waals surface area contributed by atoms with Crippen LogP contribution in [0.15, 0.2) is 30.3 Å². The van der Waals surface area contributed by atoms with Gasteiger partial charge in [-0.05, 0) is 54.9 Å². The number of aromatic nitrogens is 2.